The number of nitrogens with one attached hydrogen (secondary N) is 1. The van der Waals surface area contributed by atoms with Gasteiger partial charge in [0.25, 0.3) is 15.9 Å². The van der Waals surface area contributed by atoms with Crippen LogP contribution in [0.2, 0.25) is 0 Å². The van der Waals surface area contributed by atoms with Gasteiger partial charge in [-0.1, -0.05) is 19.1 Å². The van der Waals surface area contributed by atoms with Crippen molar-refractivity contribution in [2.75, 3.05) is 38.6 Å². The normalized spacial score (nSPS) is 18.7. The first-order chi connectivity index (χ1) is 19.4. The largest absolute Gasteiger partial charge is 0.497 e. The predicted molar refractivity (Wildman–Crippen MR) is 156 cm³/mol. The quantitative estimate of drug-likeness (QED) is 0.351. The average Bonchev–Trinajstić information content (AvgIpc) is 3.51. The molecule has 4 rings (SSSR count). The lowest BCUT2D eigenvalue weighted by Gasteiger charge is -2.38. The Kier molecular flexibility index (Phi) is 9.29. The van der Waals surface area contributed by atoms with Crippen molar-refractivity contribution in [1.82, 2.24) is 9.21 Å². The number of aliphatic hydroxyl groups is 1. The van der Waals surface area contributed by atoms with E-state index in [0.717, 1.165) is 15.6 Å². The number of benzene rings is 2. The molecule has 14 heteroatoms. The molecule has 1 aliphatic heterocycles. The van der Waals surface area contributed by atoms with Crippen molar-refractivity contribution in [1.29, 1.82) is 0 Å². The maximum Gasteiger partial charge on any atom is 0.271 e. The second kappa shape index (κ2) is 12.4. The van der Waals surface area contributed by atoms with Crippen molar-refractivity contribution in [3.8, 4) is 11.5 Å². The van der Waals surface area contributed by atoms with Crippen molar-refractivity contribution < 1.29 is 36.2 Å². The van der Waals surface area contributed by atoms with Crippen molar-refractivity contribution >= 4 is 43.0 Å². The van der Waals surface area contributed by atoms with Gasteiger partial charge in [0, 0.05) is 19.5 Å². The zero-order chi connectivity index (χ0) is 29.9. The Bertz CT molecular complexity index is 1580. The molecule has 0 fully saturated rings. The van der Waals surface area contributed by atoms with Crippen LogP contribution < -0.4 is 14.2 Å². The summed E-state index contributed by atoms with van der Waals surface area (Å²) >= 11 is 1.04. The van der Waals surface area contributed by atoms with E-state index in [0.29, 0.717) is 5.75 Å². The minimum Gasteiger partial charge on any atom is -0.497 e. The van der Waals surface area contributed by atoms with Crippen molar-refractivity contribution in [3.63, 3.8) is 0 Å². The standard InChI is InChI=1S/C27H33N3O8S3/c1-18-15-30(19(2)17-31)27(32)22-7-5-8-23(28-40(33,34)25-9-6-14-39-25)26(22)38-24(18)16-29(3)41(35,36)21-12-10-20(37-4)11-13-21/h5-14,18-19,24,28,31H,15-17H2,1-4H3/t18-,19+,24-/m1/s1. The number of ether oxygens (including phenoxy) is 2. The molecule has 1 amide bonds. The molecule has 2 aromatic carbocycles. The summed E-state index contributed by atoms with van der Waals surface area (Å²) in [5.74, 6) is -0.347. The van der Waals surface area contributed by atoms with Gasteiger partial charge in [-0.3, -0.25) is 9.52 Å². The molecular weight excluding hydrogens is 591 g/mol. The Hall–Kier alpha value is -3.17. The lowest BCUT2D eigenvalue weighted by Crippen LogP contribution is -2.50. The second-order valence-electron chi connectivity index (χ2n) is 9.80. The Morgan fingerprint density at radius 2 is 1.85 bits per heavy atom. The highest BCUT2D eigenvalue weighted by Gasteiger charge is 2.36. The summed E-state index contributed by atoms with van der Waals surface area (Å²) < 4.78 is 68.2. The first-order valence-corrected chi connectivity index (χ1v) is 16.6. The molecule has 41 heavy (non-hydrogen) atoms. The fraction of sp³-hybridized carbons (Fsp3) is 0.370. The maximum atomic E-state index is 13.7. The molecule has 3 atom stereocenters. The average molecular weight is 624 g/mol. The van der Waals surface area contributed by atoms with Crippen LogP contribution in [0.3, 0.4) is 0 Å². The molecule has 0 saturated carbocycles. The highest BCUT2D eigenvalue weighted by Crippen LogP contribution is 2.36. The predicted octanol–water partition coefficient (Wildman–Crippen LogP) is 3.10. The van der Waals surface area contributed by atoms with Gasteiger partial charge < -0.3 is 19.5 Å². The van der Waals surface area contributed by atoms with Crippen molar-refractivity contribution in [2.45, 2.75) is 35.1 Å². The van der Waals surface area contributed by atoms with Crippen molar-refractivity contribution in [2.24, 2.45) is 5.92 Å². The Morgan fingerprint density at radius 1 is 1.15 bits per heavy atom. The van der Waals surface area contributed by atoms with Crippen LogP contribution >= 0.6 is 11.3 Å². The number of aliphatic hydroxyl groups excluding tert-OH is 1. The Balaban J connectivity index is 1.74. The third kappa shape index (κ3) is 6.51. The molecule has 0 saturated heterocycles. The molecule has 0 unspecified atom stereocenters. The number of anilines is 1. The zero-order valence-electron chi connectivity index (χ0n) is 23.1. The molecule has 0 spiro atoms. The minimum atomic E-state index is -3.99. The molecular formula is C27H33N3O8S3. The molecule has 0 bridgehead atoms. The minimum absolute atomic E-state index is 0.0143. The van der Waals surface area contributed by atoms with Gasteiger partial charge in [-0.15, -0.1) is 11.3 Å². The number of likely N-dealkylation sites (N-methyl/N-ethyl adjacent to an activating group) is 1. The molecule has 2 N–H and O–H groups in total. The monoisotopic (exact) mass is 623 g/mol. The van der Waals surface area contributed by atoms with Gasteiger partial charge in [-0.05, 0) is 54.8 Å². The summed E-state index contributed by atoms with van der Waals surface area (Å²) in [6.07, 6.45) is -0.791. The van der Waals surface area contributed by atoms with Crippen LogP contribution in [0.5, 0.6) is 11.5 Å². The van der Waals surface area contributed by atoms with Crippen LogP contribution in [0, 0.1) is 5.92 Å². The lowest BCUT2D eigenvalue weighted by atomic mass is 9.99. The number of sulfonamides is 2. The number of thiophene rings is 1. The summed E-state index contributed by atoms with van der Waals surface area (Å²) in [4.78, 5) is 15.2. The van der Waals surface area contributed by atoms with Crippen molar-refractivity contribution in [3.05, 3.63) is 65.5 Å². The summed E-state index contributed by atoms with van der Waals surface area (Å²) in [6, 6.07) is 13.1. The smallest absolute Gasteiger partial charge is 0.271 e. The van der Waals surface area contributed by atoms with Gasteiger partial charge in [0.15, 0.2) is 5.75 Å². The highest BCUT2D eigenvalue weighted by atomic mass is 32.2. The fourth-order valence-electron chi connectivity index (χ4n) is 4.43. The highest BCUT2D eigenvalue weighted by molar-refractivity contribution is 7.94. The number of carbonyl (C=O) groups excluding carboxylic acids is 1. The maximum absolute atomic E-state index is 13.7. The molecule has 1 aliphatic rings. The number of carbonyl (C=O) groups is 1. The number of rotatable bonds is 10. The summed E-state index contributed by atoms with van der Waals surface area (Å²) in [6.45, 7) is 3.29. The van der Waals surface area contributed by atoms with Crippen LogP contribution in [-0.2, 0) is 20.0 Å². The number of para-hydroxylation sites is 1. The van der Waals surface area contributed by atoms with E-state index in [9.17, 15) is 26.7 Å². The van der Waals surface area contributed by atoms with Gasteiger partial charge in [-0.2, -0.15) is 4.31 Å². The van der Waals surface area contributed by atoms with Gasteiger partial charge in [0.05, 0.1) is 42.4 Å². The van der Waals surface area contributed by atoms with E-state index in [1.807, 2.05) is 6.92 Å². The number of nitrogens with zero attached hydrogens (tertiary/aromatic N) is 2. The number of amides is 1. The van der Waals surface area contributed by atoms with E-state index in [4.69, 9.17) is 9.47 Å². The fourth-order valence-corrected chi connectivity index (χ4v) is 7.67. The van der Waals surface area contributed by atoms with Crippen LogP contribution in [0.4, 0.5) is 5.69 Å². The SMILES string of the molecule is COc1ccc(S(=O)(=O)N(C)C[C@H]2Oc3c(NS(=O)(=O)c4cccs4)cccc3C(=O)N([C@@H](C)CO)C[C@H]2C)cc1. The van der Waals surface area contributed by atoms with E-state index < -0.39 is 44.0 Å². The second-order valence-corrected chi connectivity index (χ2v) is 14.7. The van der Waals surface area contributed by atoms with E-state index in [1.54, 1.807) is 30.5 Å². The first-order valence-electron chi connectivity index (χ1n) is 12.8. The summed E-state index contributed by atoms with van der Waals surface area (Å²) in [7, 11) is -5.00. The van der Waals surface area contributed by atoms with Crippen LogP contribution in [0.25, 0.3) is 0 Å². The van der Waals surface area contributed by atoms with Gasteiger partial charge >= 0.3 is 0 Å². The third-order valence-corrected chi connectivity index (χ3v) is 11.5. The van der Waals surface area contributed by atoms with Gasteiger partial charge in [-0.25, -0.2) is 16.8 Å². The molecule has 3 aromatic rings. The Labute approximate surface area is 244 Å². The number of fused-ring (bicyclic) bond motifs is 1. The summed E-state index contributed by atoms with van der Waals surface area (Å²) in [5, 5.41) is 11.5. The molecule has 11 nitrogen and oxygen atoms in total. The summed E-state index contributed by atoms with van der Waals surface area (Å²) in [5.41, 5.74) is 0.134. The third-order valence-electron chi connectivity index (χ3n) is 6.90. The lowest BCUT2D eigenvalue weighted by molar-refractivity contribution is 0.0389. The molecule has 222 valence electrons. The topological polar surface area (TPSA) is 143 Å². The van der Waals surface area contributed by atoms with E-state index in [2.05, 4.69) is 4.72 Å². The van der Waals surface area contributed by atoms with Gasteiger partial charge in [0.1, 0.15) is 16.1 Å². The molecule has 0 radical (unpaired) electrons. The van der Waals surface area contributed by atoms with E-state index in [1.165, 1.54) is 55.5 Å². The first kappa shape index (κ1) is 30.8. The zero-order valence-corrected chi connectivity index (χ0v) is 25.5. The molecule has 1 aromatic heterocycles. The van der Waals surface area contributed by atoms with Gasteiger partial charge in [0.2, 0.25) is 10.0 Å². The van der Waals surface area contributed by atoms with E-state index in [-0.39, 0.29) is 45.8 Å². The van der Waals surface area contributed by atoms with E-state index >= 15 is 0 Å². The number of hydrogen-bond acceptors (Lipinski definition) is 9. The van der Waals surface area contributed by atoms with Crippen LogP contribution in [-0.4, -0.2) is 83.1 Å². The number of hydrogen-bond donors (Lipinski definition) is 2. The molecule has 2 heterocycles. The Morgan fingerprint density at radius 3 is 2.46 bits per heavy atom. The number of methoxy groups -OCH3 is 1. The molecule has 0 aliphatic carbocycles. The van der Waals surface area contributed by atoms with Crippen LogP contribution in [0.15, 0.2) is 69.1 Å². The van der Waals surface area contributed by atoms with Crippen LogP contribution in [0.1, 0.15) is 24.2 Å².